The number of nitrogens with one attached hydrogen (secondary N) is 2. The van der Waals surface area contributed by atoms with Crippen LogP contribution in [-0.2, 0) is 9.59 Å². The molecule has 0 spiro atoms. The van der Waals surface area contributed by atoms with Gasteiger partial charge in [-0.25, -0.2) is 4.79 Å². The summed E-state index contributed by atoms with van der Waals surface area (Å²) in [5.74, 6) is -2.60. The third-order valence-electron chi connectivity index (χ3n) is 1.68. The molecule has 0 aliphatic rings. The van der Waals surface area contributed by atoms with E-state index < -0.39 is 30.4 Å². The zero-order chi connectivity index (χ0) is 11.8. The Balaban J connectivity index is 3.55. The van der Waals surface area contributed by atoms with Gasteiger partial charge in [-0.05, 0) is 6.42 Å². The molecule has 0 aromatic rings. The van der Waals surface area contributed by atoms with E-state index in [0.29, 0.717) is 6.42 Å². The highest BCUT2D eigenvalue weighted by molar-refractivity contribution is 5.79. The van der Waals surface area contributed by atoms with Crippen molar-refractivity contribution in [1.29, 1.82) is 0 Å². The van der Waals surface area contributed by atoms with Gasteiger partial charge in [0.15, 0.2) is 0 Å². The number of aliphatic carboxylic acids is 2. The Morgan fingerprint density at radius 1 is 1.20 bits per heavy atom. The van der Waals surface area contributed by atoms with Crippen LogP contribution in [0.2, 0.25) is 0 Å². The van der Waals surface area contributed by atoms with Crippen LogP contribution >= 0.6 is 0 Å². The molecule has 0 aromatic heterocycles. The molecule has 0 aliphatic heterocycles. The van der Waals surface area contributed by atoms with Crippen molar-refractivity contribution < 1.29 is 24.6 Å². The molecule has 0 fully saturated rings. The van der Waals surface area contributed by atoms with Crippen LogP contribution < -0.4 is 10.6 Å². The molecule has 0 saturated carbocycles. The molecule has 0 aliphatic carbocycles. The van der Waals surface area contributed by atoms with Gasteiger partial charge in [-0.2, -0.15) is 0 Å². The van der Waals surface area contributed by atoms with Gasteiger partial charge in [0, 0.05) is 6.54 Å². The van der Waals surface area contributed by atoms with E-state index in [4.69, 9.17) is 10.2 Å². The molecule has 0 radical (unpaired) electrons. The zero-order valence-electron chi connectivity index (χ0n) is 8.32. The zero-order valence-corrected chi connectivity index (χ0v) is 8.32. The molecule has 0 heterocycles. The van der Waals surface area contributed by atoms with Crippen LogP contribution in [0.3, 0.4) is 0 Å². The first kappa shape index (κ1) is 13.2. The molecule has 1 atom stereocenters. The van der Waals surface area contributed by atoms with Crippen molar-refractivity contribution >= 4 is 18.0 Å². The smallest absolute Gasteiger partial charge is 0.323 e. The summed E-state index contributed by atoms with van der Waals surface area (Å²) < 4.78 is 0. The third kappa shape index (κ3) is 7.29. The summed E-state index contributed by atoms with van der Waals surface area (Å²) in [6, 6.07) is -0.616. The largest absolute Gasteiger partial charge is 0.481 e. The van der Waals surface area contributed by atoms with Gasteiger partial charge in [0.05, 0.1) is 5.92 Å². The Hall–Kier alpha value is -1.79. The van der Waals surface area contributed by atoms with E-state index in [1.54, 1.807) is 0 Å². The maximum Gasteiger partial charge on any atom is 0.323 e. The fourth-order valence-electron chi connectivity index (χ4n) is 0.744. The number of urea groups is 1. The Kier molecular flexibility index (Phi) is 5.84. The van der Waals surface area contributed by atoms with Crippen LogP contribution in [0.5, 0.6) is 0 Å². The van der Waals surface area contributed by atoms with Gasteiger partial charge in [-0.3, -0.25) is 9.59 Å². The molecule has 4 N–H and O–H groups in total. The van der Waals surface area contributed by atoms with Gasteiger partial charge >= 0.3 is 18.0 Å². The van der Waals surface area contributed by atoms with Crippen LogP contribution in [0, 0.1) is 5.92 Å². The molecule has 2 amide bonds. The molecule has 0 bridgehead atoms. The number of amides is 2. The number of rotatable bonds is 6. The van der Waals surface area contributed by atoms with Crippen molar-refractivity contribution in [3.05, 3.63) is 0 Å². The minimum atomic E-state index is -1.14. The van der Waals surface area contributed by atoms with Crippen molar-refractivity contribution in [2.75, 3.05) is 13.1 Å². The predicted molar refractivity (Wildman–Crippen MR) is 50.5 cm³/mol. The minimum Gasteiger partial charge on any atom is -0.481 e. The first-order valence-electron chi connectivity index (χ1n) is 4.39. The lowest BCUT2D eigenvalue weighted by atomic mass is 10.1. The standard InChI is InChI=1S/C8H14N2O5/c1-5(7(13)14)2-3-9-8(15)10-4-6(11)12/h5H,2-4H2,1H3,(H,11,12)(H,13,14)(H2,9,10,15)/t5-/m1/s1. The summed E-state index contributed by atoms with van der Waals surface area (Å²) in [7, 11) is 0. The molecule has 7 nitrogen and oxygen atoms in total. The maximum atomic E-state index is 10.9. The van der Waals surface area contributed by atoms with Gasteiger partial charge in [0.1, 0.15) is 6.54 Å². The van der Waals surface area contributed by atoms with Gasteiger partial charge in [-0.15, -0.1) is 0 Å². The van der Waals surface area contributed by atoms with Crippen molar-refractivity contribution in [3.63, 3.8) is 0 Å². The van der Waals surface area contributed by atoms with E-state index >= 15 is 0 Å². The second-order valence-electron chi connectivity index (χ2n) is 3.03. The quantitative estimate of drug-likeness (QED) is 0.478. The average Bonchev–Trinajstić information content (AvgIpc) is 2.14. The lowest BCUT2D eigenvalue weighted by Gasteiger charge is -2.07. The van der Waals surface area contributed by atoms with Crippen molar-refractivity contribution in [3.8, 4) is 0 Å². The van der Waals surface area contributed by atoms with E-state index in [0.717, 1.165) is 0 Å². The maximum absolute atomic E-state index is 10.9. The second kappa shape index (κ2) is 6.63. The summed E-state index contributed by atoms with van der Waals surface area (Å²) in [5.41, 5.74) is 0. The van der Waals surface area contributed by atoms with E-state index in [1.165, 1.54) is 6.92 Å². The molecule has 86 valence electrons. The number of carboxylic acid groups (broad SMARTS) is 2. The summed E-state index contributed by atoms with van der Waals surface area (Å²) in [5, 5.41) is 21.2. The highest BCUT2D eigenvalue weighted by atomic mass is 16.4. The van der Waals surface area contributed by atoms with Crippen LogP contribution in [-0.4, -0.2) is 41.3 Å². The number of carboxylic acids is 2. The molecule has 0 unspecified atom stereocenters. The second-order valence-corrected chi connectivity index (χ2v) is 3.03. The lowest BCUT2D eigenvalue weighted by Crippen LogP contribution is -2.39. The Labute approximate surface area is 86.5 Å². The van der Waals surface area contributed by atoms with Crippen molar-refractivity contribution in [1.82, 2.24) is 10.6 Å². The lowest BCUT2D eigenvalue weighted by molar-refractivity contribution is -0.141. The third-order valence-corrected chi connectivity index (χ3v) is 1.68. The van der Waals surface area contributed by atoms with E-state index in [9.17, 15) is 14.4 Å². The van der Waals surface area contributed by atoms with Gasteiger partial charge in [-0.1, -0.05) is 6.92 Å². The van der Waals surface area contributed by atoms with Crippen LogP contribution in [0.25, 0.3) is 0 Å². The first-order valence-corrected chi connectivity index (χ1v) is 4.39. The number of carbonyl (C=O) groups excluding carboxylic acids is 1. The highest BCUT2D eigenvalue weighted by Gasteiger charge is 2.10. The molecule has 15 heavy (non-hydrogen) atoms. The van der Waals surface area contributed by atoms with E-state index in [2.05, 4.69) is 10.6 Å². The summed E-state index contributed by atoms with van der Waals surface area (Å²) in [6.07, 6.45) is 0.301. The Morgan fingerprint density at radius 3 is 2.27 bits per heavy atom. The summed E-state index contributed by atoms with van der Waals surface area (Å²) >= 11 is 0. The van der Waals surface area contributed by atoms with Crippen LogP contribution in [0.1, 0.15) is 13.3 Å². The molecule has 7 heteroatoms. The summed E-state index contributed by atoms with van der Waals surface area (Å²) in [6.45, 7) is 1.26. The monoisotopic (exact) mass is 218 g/mol. The van der Waals surface area contributed by atoms with Gasteiger partial charge in [0.2, 0.25) is 0 Å². The average molecular weight is 218 g/mol. The number of hydrogen-bond donors (Lipinski definition) is 4. The number of hydrogen-bond acceptors (Lipinski definition) is 3. The topological polar surface area (TPSA) is 116 Å². The Bertz CT molecular complexity index is 253. The number of carbonyl (C=O) groups is 3. The summed E-state index contributed by atoms with van der Waals surface area (Å²) in [4.78, 5) is 31.3. The van der Waals surface area contributed by atoms with Crippen LogP contribution in [0.15, 0.2) is 0 Å². The van der Waals surface area contributed by atoms with Crippen LogP contribution in [0.4, 0.5) is 4.79 Å². The first-order chi connectivity index (χ1) is 6.93. The van der Waals surface area contributed by atoms with E-state index in [1.807, 2.05) is 0 Å². The normalized spacial score (nSPS) is 11.5. The fourth-order valence-corrected chi connectivity index (χ4v) is 0.744. The van der Waals surface area contributed by atoms with Crippen molar-refractivity contribution in [2.24, 2.45) is 5.92 Å². The van der Waals surface area contributed by atoms with Crippen molar-refractivity contribution in [2.45, 2.75) is 13.3 Å². The Morgan fingerprint density at radius 2 is 1.80 bits per heavy atom. The van der Waals surface area contributed by atoms with E-state index in [-0.39, 0.29) is 6.54 Å². The van der Waals surface area contributed by atoms with Gasteiger partial charge in [0.25, 0.3) is 0 Å². The predicted octanol–water partition coefficient (Wildman–Crippen LogP) is -0.519. The molecule has 0 aromatic carbocycles. The SMILES string of the molecule is C[C@H](CCNC(=O)NCC(=O)O)C(=O)O. The molecule has 0 rings (SSSR count). The fraction of sp³-hybridized carbons (Fsp3) is 0.625. The molecular formula is C8H14N2O5. The molecule has 0 saturated heterocycles. The highest BCUT2D eigenvalue weighted by Crippen LogP contribution is 1.99. The van der Waals surface area contributed by atoms with Gasteiger partial charge < -0.3 is 20.8 Å². The minimum absolute atomic E-state index is 0.193. The molecular weight excluding hydrogens is 204 g/mol.